The summed E-state index contributed by atoms with van der Waals surface area (Å²) in [5, 5.41) is 0. The number of benzene rings is 2. The Morgan fingerprint density at radius 2 is 1.64 bits per heavy atom. The molecule has 5 heteroatoms. The molecule has 0 fully saturated rings. The highest BCUT2D eigenvalue weighted by molar-refractivity contribution is 7.89. The Kier molecular flexibility index (Phi) is 5.21. The molecule has 2 aromatic rings. The summed E-state index contributed by atoms with van der Waals surface area (Å²) in [7, 11) is -1.87. The zero-order valence-electron chi connectivity index (χ0n) is 13.0. The van der Waals surface area contributed by atoms with Gasteiger partial charge in [-0.05, 0) is 50.1 Å². The van der Waals surface area contributed by atoms with Crippen LogP contribution in [0.5, 0.6) is 5.75 Å². The molecule has 0 aromatic heterocycles. The van der Waals surface area contributed by atoms with Crippen molar-refractivity contribution in [3.05, 3.63) is 59.7 Å². The quantitative estimate of drug-likeness (QED) is 0.890. The molecule has 2 aromatic carbocycles. The summed E-state index contributed by atoms with van der Waals surface area (Å²) in [4.78, 5) is 0.291. The first-order chi connectivity index (χ1) is 10.4. The van der Waals surface area contributed by atoms with Gasteiger partial charge >= 0.3 is 0 Å². The second-order valence-electron chi connectivity index (χ2n) is 5.39. The number of hydrogen-bond acceptors (Lipinski definition) is 3. The van der Waals surface area contributed by atoms with Crippen LogP contribution < -0.4 is 9.46 Å². The van der Waals surface area contributed by atoms with Gasteiger partial charge in [0.25, 0.3) is 0 Å². The molecule has 2 rings (SSSR count). The summed E-state index contributed by atoms with van der Waals surface area (Å²) in [6.45, 7) is 3.78. The molecule has 0 aliphatic heterocycles. The van der Waals surface area contributed by atoms with E-state index in [-0.39, 0.29) is 6.04 Å². The maximum Gasteiger partial charge on any atom is 0.240 e. The summed E-state index contributed by atoms with van der Waals surface area (Å²) >= 11 is 0. The maximum atomic E-state index is 12.3. The van der Waals surface area contributed by atoms with E-state index < -0.39 is 10.0 Å². The van der Waals surface area contributed by atoms with Crippen LogP contribution in [0, 0.1) is 6.92 Å². The molecule has 22 heavy (non-hydrogen) atoms. The van der Waals surface area contributed by atoms with Crippen molar-refractivity contribution in [3.8, 4) is 5.75 Å². The minimum atomic E-state index is -3.48. The summed E-state index contributed by atoms with van der Waals surface area (Å²) in [5.74, 6) is 0.789. The Labute approximate surface area is 132 Å². The van der Waals surface area contributed by atoms with Crippen LogP contribution in [0.3, 0.4) is 0 Å². The van der Waals surface area contributed by atoms with E-state index in [1.807, 2.05) is 38.1 Å². The molecule has 0 radical (unpaired) electrons. The Hall–Kier alpha value is -1.85. The Balaban J connectivity index is 2.03. The number of nitrogens with one attached hydrogen (secondary N) is 1. The predicted octanol–water partition coefficient (Wildman–Crippen LogP) is 2.91. The van der Waals surface area contributed by atoms with Crippen LogP contribution in [-0.2, 0) is 16.4 Å². The molecular formula is C17H21NO3S. The molecule has 0 spiro atoms. The average molecular weight is 319 g/mol. The van der Waals surface area contributed by atoms with Gasteiger partial charge in [0.05, 0.1) is 12.0 Å². The Morgan fingerprint density at radius 3 is 2.18 bits per heavy atom. The third-order valence-corrected chi connectivity index (χ3v) is 4.99. The lowest BCUT2D eigenvalue weighted by atomic mass is 10.1. The molecule has 0 saturated carbocycles. The van der Waals surface area contributed by atoms with Gasteiger partial charge < -0.3 is 4.74 Å². The number of ether oxygens (including phenoxy) is 1. The molecule has 1 N–H and O–H groups in total. The summed E-state index contributed by atoms with van der Waals surface area (Å²) in [5.41, 5.74) is 2.09. The molecule has 1 atom stereocenters. The van der Waals surface area contributed by atoms with Gasteiger partial charge in [-0.1, -0.05) is 29.8 Å². The van der Waals surface area contributed by atoms with E-state index in [9.17, 15) is 8.42 Å². The molecule has 0 amide bonds. The third kappa shape index (κ3) is 4.32. The molecule has 1 unspecified atom stereocenters. The fourth-order valence-electron chi connectivity index (χ4n) is 2.21. The lowest BCUT2D eigenvalue weighted by molar-refractivity contribution is 0.414. The summed E-state index contributed by atoms with van der Waals surface area (Å²) in [6.07, 6.45) is 0.620. The largest absolute Gasteiger partial charge is 0.497 e. The Morgan fingerprint density at radius 1 is 1.05 bits per heavy atom. The average Bonchev–Trinajstić information content (AvgIpc) is 2.48. The minimum Gasteiger partial charge on any atom is -0.497 e. The van der Waals surface area contributed by atoms with Gasteiger partial charge in [-0.15, -0.1) is 0 Å². The fraction of sp³-hybridized carbons (Fsp3) is 0.294. The topological polar surface area (TPSA) is 55.4 Å². The van der Waals surface area contributed by atoms with Crippen molar-refractivity contribution in [3.63, 3.8) is 0 Å². The minimum absolute atomic E-state index is 0.195. The van der Waals surface area contributed by atoms with E-state index in [4.69, 9.17) is 4.74 Å². The van der Waals surface area contributed by atoms with Crippen molar-refractivity contribution < 1.29 is 13.2 Å². The maximum absolute atomic E-state index is 12.3. The second-order valence-corrected chi connectivity index (χ2v) is 7.10. The van der Waals surface area contributed by atoms with Crippen molar-refractivity contribution in [1.29, 1.82) is 0 Å². The van der Waals surface area contributed by atoms with E-state index in [1.165, 1.54) is 0 Å². The number of methoxy groups -OCH3 is 1. The number of hydrogen-bond donors (Lipinski definition) is 1. The number of sulfonamides is 1. The summed E-state index contributed by atoms with van der Waals surface area (Å²) in [6, 6.07) is 14.3. The van der Waals surface area contributed by atoms with Gasteiger partial charge in [-0.25, -0.2) is 13.1 Å². The van der Waals surface area contributed by atoms with Gasteiger partial charge in [0, 0.05) is 6.04 Å². The molecular weight excluding hydrogens is 298 g/mol. The monoisotopic (exact) mass is 319 g/mol. The van der Waals surface area contributed by atoms with Gasteiger partial charge in [-0.3, -0.25) is 0 Å². The summed E-state index contributed by atoms with van der Waals surface area (Å²) < 4.78 is 32.4. The molecule has 118 valence electrons. The number of aryl methyl sites for hydroxylation is 1. The van der Waals surface area contributed by atoms with Crippen LogP contribution in [0.4, 0.5) is 0 Å². The molecule has 0 aliphatic carbocycles. The van der Waals surface area contributed by atoms with Crippen LogP contribution in [0.25, 0.3) is 0 Å². The van der Waals surface area contributed by atoms with Crippen LogP contribution >= 0.6 is 0 Å². The van der Waals surface area contributed by atoms with Gasteiger partial charge in [0.1, 0.15) is 5.75 Å². The lowest BCUT2D eigenvalue weighted by Gasteiger charge is -2.14. The van der Waals surface area contributed by atoms with E-state index >= 15 is 0 Å². The van der Waals surface area contributed by atoms with E-state index in [0.29, 0.717) is 11.3 Å². The zero-order valence-corrected chi connectivity index (χ0v) is 13.9. The van der Waals surface area contributed by atoms with Crippen LogP contribution in [0.2, 0.25) is 0 Å². The first-order valence-electron chi connectivity index (χ1n) is 7.12. The second kappa shape index (κ2) is 6.94. The van der Waals surface area contributed by atoms with E-state index in [1.54, 1.807) is 31.4 Å². The molecule has 0 heterocycles. The standard InChI is InChI=1S/C17H21NO3S/c1-13-4-10-17(11-5-13)22(19,20)18-14(2)12-15-6-8-16(21-3)9-7-15/h4-11,14,18H,12H2,1-3H3. The van der Waals surface area contributed by atoms with Crippen molar-refractivity contribution in [2.75, 3.05) is 7.11 Å². The fourth-order valence-corrected chi connectivity index (χ4v) is 3.45. The third-order valence-electron chi connectivity index (χ3n) is 3.39. The highest BCUT2D eigenvalue weighted by atomic mass is 32.2. The first kappa shape index (κ1) is 16.5. The van der Waals surface area contributed by atoms with Crippen molar-refractivity contribution in [2.45, 2.75) is 31.2 Å². The van der Waals surface area contributed by atoms with Crippen molar-refractivity contribution >= 4 is 10.0 Å². The molecule has 0 bridgehead atoms. The van der Waals surface area contributed by atoms with Crippen LogP contribution in [-0.4, -0.2) is 21.6 Å². The van der Waals surface area contributed by atoms with Gasteiger partial charge in [0.2, 0.25) is 10.0 Å². The van der Waals surface area contributed by atoms with E-state index in [0.717, 1.165) is 16.9 Å². The smallest absolute Gasteiger partial charge is 0.240 e. The van der Waals surface area contributed by atoms with Crippen molar-refractivity contribution in [1.82, 2.24) is 4.72 Å². The van der Waals surface area contributed by atoms with E-state index in [2.05, 4.69) is 4.72 Å². The molecule has 0 aliphatic rings. The Bertz CT molecular complexity index is 707. The normalized spacial score (nSPS) is 12.9. The van der Waals surface area contributed by atoms with Crippen LogP contribution in [0.15, 0.2) is 53.4 Å². The zero-order chi connectivity index (χ0) is 16.2. The highest BCUT2D eigenvalue weighted by Gasteiger charge is 2.17. The SMILES string of the molecule is COc1ccc(CC(C)NS(=O)(=O)c2ccc(C)cc2)cc1. The molecule has 0 saturated heterocycles. The first-order valence-corrected chi connectivity index (χ1v) is 8.61. The van der Waals surface area contributed by atoms with Crippen LogP contribution in [0.1, 0.15) is 18.1 Å². The predicted molar refractivity (Wildman–Crippen MR) is 87.7 cm³/mol. The lowest BCUT2D eigenvalue weighted by Crippen LogP contribution is -2.34. The van der Waals surface area contributed by atoms with Gasteiger partial charge in [-0.2, -0.15) is 0 Å². The molecule has 4 nitrogen and oxygen atoms in total. The number of rotatable bonds is 6. The van der Waals surface area contributed by atoms with Gasteiger partial charge in [0.15, 0.2) is 0 Å². The van der Waals surface area contributed by atoms with Crippen molar-refractivity contribution in [2.24, 2.45) is 0 Å². The highest BCUT2D eigenvalue weighted by Crippen LogP contribution is 2.14.